The molecule has 0 fully saturated rings. The first kappa shape index (κ1) is 14.4. The van der Waals surface area contributed by atoms with Crippen molar-refractivity contribution in [3.05, 3.63) is 53.7 Å². The number of aliphatic carboxylic acids is 1. The number of nitrogens with one attached hydrogen (secondary N) is 1. The summed E-state index contributed by atoms with van der Waals surface area (Å²) in [6, 6.07) is 9.52. The first-order valence-corrected chi connectivity index (χ1v) is 7.86. The molecule has 6 nitrogen and oxygen atoms in total. The molecule has 0 aliphatic carbocycles. The molecule has 0 amide bonds. The second-order valence-electron chi connectivity index (χ2n) is 4.64. The first-order chi connectivity index (χ1) is 10.7. The average molecular weight is 314 g/mol. The molecule has 112 valence electrons. The molecule has 0 saturated carbocycles. The number of carboxylic acid groups (broad SMARTS) is 1. The van der Waals surface area contributed by atoms with Gasteiger partial charge in [-0.3, -0.25) is 0 Å². The third kappa shape index (κ3) is 2.89. The highest BCUT2D eigenvalue weighted by Crippen LogP contribution is 2.26. The van der Waals surface area contributed by atoms with Crippen LogP contribution in [-0.4, -0.2) is 32.1 Å². The Labute approximate surface area is 131 Å². The van der Waals surface area contributed by atoms with Crippen molar-refractivity contribution in [3.8, 4) is 0 Å². The zero-order chi connectivity index (χ0) is 15.5. The molecule has 0 bridgehead atoms. The molecular formula is C15H14N4O2S. The zero-order valence-corrected chi connectivity index (χ0v) is 12.6. The number of carbonyl (C=O) groups is 1. The number of fused-ring (bicyclic) bond motifs is 1. The molecule has 2 N–H and O–H groups in total. The minimum absolute atomic E-state index is 0.107. The lowest BCUT2D eigenvalue weighted by molar-refractivity contribution is -0.132. The monoisotopic (exact) mass is 314 g/mol. The van der Waals surface area contributed by atoms with Gasteiger partial charge in [0.25, 0.3) is 0 Å². The number of anilines is 1. The summed E-state index contributed by atoms with van der Waals surface area (Å²) in [4.78, 5) is 15.5. The van der Waals surface area contributed by atoms with Crippen molar-refractivity contribution in [2.24, 2.45) is 0 Å². The Morgan fingerprint density at radius 1 is 1.41 bits per heavy atom. The summed E-state index contributed by atoms with van der Waals surface area (Å²) in [7, 11) is 0. The molecule has 2 heterocycles. The number of hydrogen-bond acceptors (Lipinski definition) is 5. The fourth-order valence-corrected chi connectivity index (χ4v) is 2.47. The number of benzene rings is 1. The maximum atomic E-state index is 11.2. The summed E-state index contributed by atoms with van der Waals surface area (Å²) < 4.78 is 1.68. The van der Waals surface area contributed by atoms with Crippen molar-refractivity contribution in [3.63, 3.8) is 0 Å². The van der Waals surface area contributed by atoms with Crippen LogP contribution in [0, 0.1) is 0 Å². The standard InChI is InChI=1S/C15H14N4O2S/c1-22-15-17-14-16-12(13(20)21)9-11(19(14)18-15)8-7-10-5-3-2-4-6-10/h2-9,11H,1H3,(H,20,21)(H,16,17,18)/b8-7+. The molecule has 2 aromatic rings. The summed E-state index contributed by atoms with van der Waals surface area (Å²) in [6.07, 6.45) is 7.34. The zero-order valence-electron chi connectivity index (χ0n) is 11.8. The SMILES string of the molecule is CSc1nc2n(n1)C(/C=C/c1ccccc1)C=C(C(=O)O)N2. The van der Waals surface area contributed by atoms with Gasteiger partial charge in [-0.05, 0) is 17.9 Å². The van der Waals surface area contributed by atoms with Crippen molar-refractivity contribution in [1.82, 2.24) is 14.8 Å². The molecular weight excluding hydrogens is 300 g/mol. The van der Waals surface area contributed by atoms with E-state index in [0.717, 1.165) is 5.56 Å². The Hall–Kier alpha value is -2.54. The summed E-state index contributed by atoms with van der Waals surface area (Å²) >= 11 is 1.41. The molecule has 0 saturated heterocycles. The molecule has 1 aliphatic rings. The van der Waals surface area contributed by atoms with E-state index < -0.39 is 5.97 Å². The number of carboxylic acids is 1. The number of thioether (sulfide) groups is 1. The molecule has 7 heteroatoms. The first-order valence-electron chi connectivity index (χ1n) is 6.63. The molecule has 0 spiro atoms. The van der Waals surface area contributed by atoms with E-state index in [2.05, 4.69) is 15.4 Å². The Balaban J connectivity index is 1.95. The van der Waals surface area contributed by atoms with Crippen LogP contribution in [0.1, 0.15) is 11.6 Å². The number of allylic oxidation sites excluding steroid dienone is 2. The molecule has 22 heavy (non-hydrogen) atoms. The Kier molecular flexibility index (Phi) is 3.97. The van der Waals surface area contributed by atoms with Gasteiger partial charge in [-0.25, -0.2) is 9.48 Å². The predicted octanol–water partition coefficient (Wildman–Crippen LogP) is 2.65. The fraction of sp³-hybridized carbons (Fsp3) is 0.133. The van der Waals surface area contributed by atoms with Gasteiger partial charge in [-0.2, -0.15) is 4.98 Å². The molecule has 1 aromatic heterocycles. The molecule has 1 aromatic carbocycles. The number of nitrogens with zero attached hydrogens (tertiary/aromatic N) is 3. The molecule has 3 rings (SSSR count). The van der Waals surface area contributed by atoms with Crippen molar-refractivity contribution in [2.45, 2.75) is 11.2 Å². The van der Waals surface area contributed by atoms with E-state index in [1.165, 1.54) is 11.8 Å². The smallest absolute Gasteiger partial charge is 0.352 e. The minimum atomic E-state index is -1.02. The van der Waals surface area contributed by atoms with Gasteiger partial charge in [-0.15, -0.1) is 5.10 Å². The third-order valence-electron chi connectivity index (χ3n) is 3.18. The minimum Gasteiger partial charge on any atom is -0.477 e. The van der Waals surface area contributed by atoms with E-state index in [4.69, 9.17) is 0 Å². The van der Waals surface area contributed by atoms with Crippen molar-refractivity contribution in [1.29, 1.82) is 0 Å². The Bertz CT molecular complexity index is 752. The number of rotatable bonds is 4. The van der Waals surface area contributed by atoms with Gasteiger partial charge in [-0.1, -0.05) is 54.2 Å². The van der Waals surface area contributed by atoms with E-state index in [0.29, 0.717) is 11.1 Å². The summed E-state index contributed by atoms with van der Waals surface area (Å²) in [5.41, 5.74) is 1.15. The normalized spacial score (nSPS) is 17.0. The molecule has 0 radical (unpaired) electrons. The summed E-state index contributed by atoms with van der Waals surface area (Å²) in [5.74, 6) is -0.579. The topological polar surface area (TPSA) is 80.0 Å². The van der Waals surface area contributed by atoms with Gasteiger partial charge >= 0.3 is 5.97 Å². The van der Waals surface area contributed by atoms with E-state index in [-0.39, 0.29) is 11.7 Å². The summed E-state index contributed by atoms with van der Waals surface area (Å²) in [6.45, 7) is 0. The van der Waals surface area contributed by atoms with Crippen molar-refractivity contribution >= 4 is 29.8 Å². The highest BCUT2D eigenvalue weighted by atomic mass is 32.2. The average Bonchev–Trinajstić information content (AvgIpc) is 2.96. The predicted molar refractivity (Wildman–Crippen MR) is 85.7 cm³/mol. The highest BCUT2D eigenvalue weighted by molar-refractivity contribution is 7.98. The lowest BCUT2D eigenvalue weighted by Gasteiger charge is -2.19. The second kappa shape index (κ2) is 6.07. The van der Waals surface area contributed by atoms with E-state index in [1.54, 1.807) is 10.8 Å². The summed E-state index contributed by atoms with van der Waals surface area (Å²) in [5, 5.41) is 17.0. The van der Waals surface area contributed by atoms with Gasteiger partial charge in [0.05, 0.1) is 6.04 Å². The van der Waals surface area contributed by atoms with Crippen LogP contribution in [0.2, 0.25) is 0 Å². The van der Waals surface area contributed by atoms with Crippen LogP contribution in [0.4, 0.5) is 5.95 Å². The van der Waals surface area contributed by atoms with Crippen LogP contribution in [0.5, 0.6) is 0 Å². The lowest BCUT2D eigenvalue weighted by Crippen LogP contribution is -2.22. The lowest BCUT2D eigenvalue weighted by atomic mass is 10.1. The number of hydrogen-bond donors (Lipinski definition) is 2. The van der Waals surface area contributed by atoms with E-state index in [9.17, 15) is 9.90 Å². The van der Waals surface area contributed by atoms with Crippen molar-refractivity contribution in [2.75, 3.05) is 11.6 Å². The third-order valence-corrected chi connectivity index (χ3v) is 3.71. The van der Waals surface area contributed by atoms with Crippen LogP contribution in [0.25, 0.3) is 6.08 Å². The second-order valence-corrected chi connectivity index (χ2v) is 5.41. The van der Waals surface area contributed by atoms with Crippen molar-refractivity contribution < 1.29 is 9.90 Å². The van der Waals surface area contributed by atoms with Crippen LogP contribution in [0.15, 0.2) is 53.3 Å². The Morgan fingerprint density at radius 3 is 2.86 bits per heavy atom. The van der Waals surface area contributed by atoms with Crippen LogP contribution in [0.3, 0.4) is 0 Å². The van der Waals surface area contributed by atoms with Gasteiger partial charge in [0.1, 0.15) is 5.70 Å². The highest BCUT2D eigenvalue weighted by Gasteiger charge is 2.24. The van der Waals surface area contributed by atoms with Gasteiger partial charge in [0, 0.05) is 0 Å². The van der Waals surface area contributed by atoms with Crippen LogP contribution >= 0.6 is 11.8 Å². The van der Waals surface area contributed by atoms with Gasteiger partial charge in [0.15, 0.2) is 0 Å². The molecule has 1 aliphatic heterocycles. The maximum Gasteiger partial charge on any atom is 0.352 e. The molecule has 1 unspecified atom stereocenters. The van der Waals surface area contributed by atoms with E-state index >= 15 is 0 Å². The van der Waals surface area contributed by atoms with Crippen LogP contribution in [-0.2, 0) is 4.79 Å². The van der Waals surface area contributed by atoms with Gasteiger partial charge < -0.3 is 10.4 Å². The largest absolute Gasteiger partial charge is 0.477 e. The molecule has 1 atom stereocenters. The Morgan fingerprint density at radius 2 is 2.18 bits per heavy atom. The number of aromatic nitrogens is 3. The van der Waals surface area contributed by atoms with Crippen LogP contribution < -0.4 is 5.32 Å². The quantitative estimate of drug-likeness (QED) is 0.845. The van der Waals surface area contributed by atoms with Gasteiger partial charge in [0.2, 0.25) is 11.1 Å². The van der Waals surface area contributed by atoms with E-state index in [1.807, 2.05) is 48.7 Å². The maximum absolute atomic E-state index is 11.2. The fourth-order valence-electron chi connectivity index (χ4n) is 2.12.